The Morgan fingerprint density at radius 2 is 1.90 bits per heavy atom. The van der Waals surface area contributed by atoms with Gasteiger partial charge in [0.1, 0.15) is 16.3 Å². The summed E-state index contributed by atoms with van der Waals surface area (Å²) in [6.07, 6.45) is -0.230. The number of ether oxygens (including phenoxy) is 1. The van der Waals surface area contributed by atoms with Crippen molar-refractivity contribution in [2.24, 2.45) is 0 Å². The summed E-state index contributed by atoms with van der Waals surface area (Å²) >= 11 is 11.3. The normalized spacial score (nSPS) is 11.6. The van der Waals surface area contributed by atoms with Gasteiger partial charge in [-0.2, -0.15) is 0 Å². The Balaban J connectivity index is 2.76. The highest BCUT2D eigenvalue weighted by atomic mass is 35.5. The largest absolute Gasteiger partial charge is 0.480 e. The zero-order valence-corrected chi connectivity index (χ0v) is 12.4. The predicted molar refractivity (Wildman–Crippen MR) is 74.4 cm³/mol. The van der Waals surface area contributed by atoms with Crippen molar-refractivity contribution in [3.63, 3.8) is 0 Å². The van der Waals surface area contributed by atoms with Crippen molar-refractivity contribution in [2.45, 2.75) is 18.9 Å². The number of nitrogens with one attached hydrogen (secondary N) is 1. The molecular weight excluding hydrogens is 323 g/mol. The molecule has 114 valence electrons. The Labute approximate surface area is 130 Å². The lowest BCUT2D eigenvalue weighted by molar-refractivity contribution is -0.142. The molecule has 21 heavy (non-hydrogen) atoms. The SMILES string of the molecule is COC(=O)CC[C@H](NC(=O)c1cc(Cl)nc(Cl)c1)C(=O)O. The Hall–Kier alpha value is -1.86. The fraction of sp³-hybridized carbons (Fsp3) is 0.333. The first-order valence-corrected chi connectivity index (χ1v) is 6.52. The first-order chi connectivity index (χ1) is 9.83. The van der Waals surface area contributed by atoms with Crippen LogP contribution in [0.25, 0.3) is 0 Å². The lowest BCUT2D eigenvalue weighted by Crippen LogP contribution is -2.41. The van der Waals surface area contributed by atoms with Crippen molar-refractivity contribution in [2.75, 3.05) is 7.11 Å². The highest BCUT2D eigenvalue weighted by molar-refractivity contribution is 6.33. The number of pyridine rings is 1. The minimum Gasteiger partial charge on any atom is -0.480 e. The number of hydrogen-bond acceptors (Lipinski definition) is 5. The molecule has 1 atom stereocenters. The number of hydrogen-bond donors (Lipinski definition) is 2. The first-order valence-electron chi connectivity index (χ1n) is 5.77. The fourth-order valence-electron chi connectivity index (χ4n) is 1.46. The van der Waals surface area contributed by atoms with Gasteiger partial charge in [0.05, 0.1) is 7.11 Å². The summed E-state index contributed by atoms with van der Waals surface area (Å²) in [5.41, 5.74) is 0.0734. The molecule has 0 aliphatic carbocycles. The second kappa shape index (κ2) is 7.80. The third-order valence-electron chi connectivity index (χ3n) is 2.49. The number of aliphatic carboxylic acids is 1. The summed E-state index contributed by atoms with van der Waals surface area (Å²) in [6, 6.07) is 1.27. The average molecular weight is 335 g/mol. The molecule has 0 spiro atoms. The first kappa shape index (κ1) is 17.2. The maximum Gasteiger partial charge on any atom is 0.326 e. The molecule has 0 radical (unpaired) electrons. The van der Waals surface area contributed by atoms with E-state index < -0.39 is 23.9 Å². The number of aromatic nitrogens is 1. The van der Waals surface area contributed by atoms with E-state index >= 15 is 0 Å². The second-order valence-corrected chi connectivity index (χ2v) is 4.75. The van der Waals surface area contributed by atoms with Gasteiger partial charge in [-0.25, -0.2) is 9.78 Å². The highest BCUT2D eigenvalue weighted by Crippen LogP contribution is 2.15. The third-order valence-corrected chi connectivity index (χ3v) is 2.88. The number of carbonyl (C=O) groups excluding carboxylic acids is 2. The van der Waals surface area contributed by atoms with Crippen molar-refractivity contribution >= 4 is 41.0 Å². The van der Waals surface area contributed by atoms with E-state index in [2.05, 4.69) is 15.0 Å². The van der Waals surface area contributed by atoms with Crippen LogP contribution in [0.15, 0.2) is 12.1 Å². The topological polar surface area (TPSA) is 106 Å². The van der Waals surface area contributed by atoms with E-state index in [1.807, 2.05) is 0 Å². The van der Waals surface area contributed by atoms with E-state index in [1.54, 1.807) is 0 Å². The van der Waals surface area contributed by atoms with Crippen LogP contribution in [0.3, 0.4) is 0 Å². The van der Waals surface area contributed by atoms with Crippen molar-refractivity contribution in [1.82, 2.24) is 10.3 Å². The van der Waals surface area contributed by atoms with Gasteiger partial charge in [-0.1, -0.05) is 23.2 Å². The number of carboxylic acids is 1. The van der Waals surface area contributed by atoms with Crippen LogP contribution in [-0.4, -0.2) is 41.1 Å². The number of methoxy groups -OCH3 is 1. The lowest BCUT2D eigenvalue weighted by atomic mass is 10.1. The molecule has 0 fully saturated rings. The molecule has 1 aromatic heterocycles. The Morgan fingerprint density at radius 1 is 1.33 bits per heavy atom. The molecule has 0 aromatic carbocycles. The molecule has 1 rings (SSSR count). The predicted octanol–water partition coefficient (Wildman–Crippen LogP) is 1.52. The molecular formula is C12H12Cl2N2O5. The van der Waals surface area contributed by atoms with Gasteiger partial charge in [-0.3, -0.25) is 9.59 Å². The summed E-state index contributed by atoms with van der Waals surface area (Å²) in [5, 5.41) is 11.3. The molecule has 1 amide bonds. The number of halogens is 2. The van der Waals surface area contributed by atoms with E-state index in [-0.39, 0.29) is 28.7 Å². The molecule has 9 heteroatoms. The smallest absolute Gasteiger partial charge is 0.326 e. The molecule has 0 bridgehead atoms. The summed E-state index contributed by atoms with van der Waals surface area (Å²) in [6.45, 7) is 0. The molecule has 7 nitrogen and oxygen atoms in total. The maximum atomic E-state index is 11.9. The second-order valence-electron chi connectivity index (χ2n) is 3.98. The number of carboxylic acid groups (broad SMARTS) is 1. The number of nitrogens with zero attached hydrogens (tertiary/aromatic N) is 1. The van der Waals surface area contributed by atoms with Crippen LogP contribution in [0.5, 0.6) is 0 Å². The van der Waals surface area contributed by atoms with Crippen LogP contribution in [0.2, 0.25) is 10.3 Å². The molecule has 0 unspecified atom stereocenters. The lowest BCUT2D eigenvalue weighted by Gasteiger charge is -2.14. The molecule has 1 aromatic rings. The molecule has 0 saturated heterocycles. The van der Waals surface area contributed by atoms with Crippen LogP contribution in [0.4, 0.5) is 0 Å². The van der Waals surface area contributed by atoms with Gasteiger partial charge in [0.25, 0.3) is 5.91 Å². The van der Waals surface area contributed by atoms with Gasteiger partial charge in [-0.05, 0) is 18.6 Å². The van der Waals surface area contributed by atoms with Gasteiger partial charge in [-0.15, -0.1) is 0 Å². The van der Waals surface area contributed by atoms with Gasteiger partial charge in [0, 0.05) is 12.0 Å². The molecule has 0 aliphatic heterocycles. The zero-order valence-electron chi connectivity index (χ0n) is 10.9. The summed E-state index contributed by atoms with van der Waals surface area (Å²) in [5.74, 6) is -2.51. The van der Waals surface area contributed by atoms with E-state index in [0.29, 0.717) is 0 Å². The van der Waals surface area contributed by atoms with Gasteiger partial charge < -0.3 is 15.2 Å². The summed E-state index contributed by atoms with van der Waals surface area (Å²) in [4.78, 5) is 37.7. The molecule has 2 N–H and O–H groups in total. The summed E-state index contributed by atoms with van der Waals surface area (Å²) in [7, 11) is 1.19. The molecule has 1 heterocycles. The Bertz CT molecular complexity index is 544. The number of rotatable bonds is 6. The number of amides is 1. The van der Waals surface area contributed by atoms with Crippen molar-refractivity contribution in [1.29, 1.82) is 0 Å². The summed E-state index contributed by atoms with van der Waals surface area (Å²) < 4.78 is 4.41. The minimum absolute atomic E-state index is 0.00841. The van der Waals surface area contributed by atoms with E-state index in [0.717, 1.165) is 0 Å². The fourth-order valence-corrected chi connectivity index (χ4v) is 1.92. The van der Waals surface area contributed by atoms with Gasteiger partial charge in [0.15, 0.2) is 0 Å². The zero-order chi connectivity index (χ0) is 16.0. The van der Waals surface area contributed by atoms with Crippen LogP contribution in [0.1, 0.15) is 23.2 Å². The maximum absolute atomic E-state index is 11.9. The van der Waals surface area contributed by atoms with Crippen LogP contribution < -0.4 is 5.32 Å². The quantitative estimate of drug-likeness (QED) is 0.603. The van der Waals surface area contributed by atoms with E-state index in [9.17, 15) is 14.4 Å². The third kappa shape index (κ3) is 5.57. The van der Waals surface area contributed by atoms with E-state index in [4.69, 9.17) is 28.3 Å². The molecule has 0 aliphatic rings. The highest BCUT2D eigenvalue weighted by Gasteiger charge is 2.22. The Morgan fingerprint density at radius 3 is 2.38 bits per heavy atom. The van der Waals surface area contributed by atoms with Gasteiger partial charge in [0.2, 0.25) is 0 Å². The standard InChI is InChI=1S/C12H12Cl2N2O5/c1-21-10(17)3-2-7(12(19)20)15-11(18)6-4-8(13)16-9(14)5-6/h4-5,7H,2-3H2,1H3,(H,15,18)(H,19,20)/t7-/m0/s1. The van der Waals surface area contributed by atoms with E-state index in [1.165, 1.54) is 19.2 Å². The van der Waals surface area contributed by atoms with Crippen LogP contribution >= 0.6 is 23.2 Å². The van der Waals surface area contributed by atoms with Crippen molar-refractivity contribution in [3.05, 3.63) is 28.0 Å². The minimum atomic E-state index is -1.27. The van der Waals surface area contributed by atoms with Crippen molar-refractivity contribution in [3.8, 4) is 0 Å². The van der Waals surface area contributed by atoms with Crippen LogP contribution in [0, 0.1) is 0 Å². The van der Waals surface area contributed by atoms with Crippen molar-refractivity contribution < 1.29 is 24.2 Å². The van der Waals surface area contributed by atoms with Crippen LogP contribution in [-0.2, 0) is 14.3 Å². The molecule has 0 saturated carbocycles. The number of carbonyl (C=O) groups is 3. The number of esters is 1. The van der Waals surface area contributed by atoms with Gasteiger partial charge >= 0.3 is 11.9 Å². The average Bonchev–Trinajstić information content (AvgIpc) is 2.41. The monoisotopic (exact) mass is 334 g/mol. The Kier molecular flexibility index (Phi) is 6.39.